The second-order valence-electron chi connectivity index (χ2n) is 5.97. The maximum atomic E-state index is 6.21. The van der Waals surface area contributed by atoms with Crippen LogP contribution in [-0.2, 0) is 10.3 Å². The van der Waals surface area contributed by atoms with Crippen molar-refractivity contribution in [3.8, 4) is 5.75 Å². The van der Waals surface area contributed by atoms with Crippen LogP contribution < -0.4 is 10.5 Å². The van der Waals surface area contributed by atoms with E-state index < -0.39 is 5.54 Å². The number of aromatic nitrogens is 2. The molecule has 1 unspecified atom stereocenters. The first kappa shape index (κ1) is 16.0. The summed E-state index contributed by atoms with van der Waals surface area (Å²) in [5.74, 6) is 3.35. The lowest BCUT2D eigenvalue weighted by Crippen LogP contribution is -2.32. The molecule has 0 fully saturated rings. The number of fused-ring (bicyclic) bond motifs is 4. The van der Waals surface area contributed by atoms with Gasteiger partial charge >= 0.3 is 0 Å². The van der Waals surface area contributed by atoms with Gasteiger partial charge in [-0.3, -0.25) is 4.57 Å². The molecule has 2 aliphatic rings. The van der Waals surface area contributed by atoms with E-state index in [1.54, 1.807) is 17.9 Å². The van der Waals surface area contributed by atoms with E-state index in [2.05, 4.69) is 20.9 Å². The van der Waals surface area contributed by atoms with Crippen molar-refractivity contribution >= 4 is 21.9 Å². The van der Waals surface area contributed by atoms with E-state index in [1.165, 1.54) is 0 Å². The van der Waals surface area contributed by atoms with Gasteiger partial charge in [0.15, 0.2) is 11.4 Å². The van der Waals surface area contributed by atoms with Gasteiger partial charge in [0.25, 0.3) is 0 Å². The van der Waals surface area contributed by atoms with E-state index in [0.717, 1.165) is 38.7 Å². The van der Waals surface area contributed by atoms with Crippen LogP contribution >= 0.6 is 15.9 Å². The standard InChI is InChI=1S/C18H17BrN4O2/c1-10(24-3)8-13-11(2)25-15-5-4-12(19)9-14(15)18(13)16-21-6-7-23(16)17(20)22-18/h4-9H,1-3H3,(H2,20,22)/b10-8+. The minimum atomic E-state index is -0.866. The number of methoxy groups -OCH3 is 1. The Morgan fingerprint density at radius 2 is 2.24 bits per heavy atom. The van der Waals surface area contributed by atoms with Crippen LogP contribution in [0, 0.1) is 0 Å². The highest BCUT2D eigenvalue weighted by molar-refractivity contribution is 9.10. The lowest BCUT2D eigenvalue weighted by atomic mass is 9.79. The van der Waals surface area contributed by atoms with Gasteiger partial charge in [-0.2, -0.15) is 0 Å². The van der Waals surface area contributed by atoms with Crippen LogP contribution in [0.15, 0.2) is 63.2 Å². The largest absolute Gasteiger partial charge is 0.501 e. The van der Waals surface area contributed by atoms with Gasteiger partial charge in [0.05, 0.1) is 12.9 Å². The molecule has 0 aliphatic carbocycles. The fourth-order valence-electron chi connectivity index (χ4n) is 3.36. The molecular formula is C18H17BrN4O2. The first-order chi connectivity index (χ1) is 12.0. The normalized spacial score (nSPS) is 21.8. The van der Waals surface area contributed by atoms with Crippen molar-refractivity contribution in [3.63, 3.8) is 0 Å². The maximum Gasteiger partial charge on any atom is 0.202 e. The summed E-state index contributed by atoms with van der Waals surface area (Å²) >= 11 is 3.55. The molecule has 2 aliphatic heterocycles. The fourth-order valence-corrected chi connectivity index (χ4v) is 3.72. The summed E-state index contributed by atoms with van der Waals surface area (Å²) in [5.41, 5.74) is 7.08. The van der Waals surface area contributed by atoms with Gasteiger partial charge in [0, 0.05) is 28.0 Å². The minimum Gasteiger partial charge on any atom is -0.501 e. The molecule has 128 valence electrons. The molecule has 1 aromatic heterocycles. The Kier molecular flexibility index (Phi) is 3.50. The zero-order valence-electron chi connectivity index (χ0n) is 14.1. The Bertz CT molecular complexity index is 973. The number of rotatable bonds is 2. The molecule has 0 saturated heterocycles. The van der Waals surface area contributed by atoms with Crippen molar-refractivity contribution in [1.29, 1.82) is 0 Å². The van der Waals surface area contributed by atoms with Crippen LogP contribution in [0.5, 0.6) is 5.75 Å². The molecule has 4 rings (SSSR count). The van der Waals surface area contributed by atoms with Gasteiger partial charge in [-0.05, 0) is 38.1 Å². The molecule has 3 heterocycles. The molecule has 0 radical (unpaired) electrons. The predicted molar refractivity (Wildman–Crippen MR) is 98.3 cm³/mol. The molecule has 25 heavy (non-hydrogen) atoms. The Balaban J connectivity index is 2.10. The molecule has 1 spiro atoms. The van der Waals surface area contributed by atoms with E-state index in [4.69, 9.17) is 20.2 Å². The molecular weight excluding hydrogens is 384 g/mol. The highest BCUT2D eigenvalue weighted by Crippen LogP contribution is 2.51. The van der Waals surface area contributed by atoms with Crippen LogP contribution in [0.4, 0.5) is 0 Å². The number of imidazole rings is 1. The Labute approximate surface area is 153 Å². The fraction of sp³-hybridized carbons (Fsp3) is 0.222. The van der Waals surface area contributed by atoms with E-state index in [9.17, 15) is 0 Å². The number of nitrogens with zero attached hydrogens (tertiary/aromatic N) is 3. The van der Waals surface area contributed by atoms with Crippen molar-refractivity contribution in [2.24, 2.45) is 10.7 Å². The van der Waals surface area contributed by atoms with Crippen molar-refractivity contribution in [1.82, 2.24) is 9.55 Å². The Hall–Kier alpha value is -2.54. The molecule has 0 saturated carbocycles. The number of benzene rings is 1. The number of allylic oxidation sites excluding steroid dienone is 2. The van der Waals surface area contributed by atoms with Gasteiger partial charge in [-0.25, -0.2) is 9.98 Å². The summed E-state index contributed by atoms with van der Waals surface area (Å²) in [6.07, 6.45) is 5.47. The summed E-state index contributed by atoms with van der Waals surface area (Å²) in [6, 6.07) is 5.86. The SMILES string of the molecule is CO/C(C)=C/C1=C(C)Oc2ccc(Br)cc2C12N=C(N)n1ccnc12. The van der Waals surface area contributed by atoms with Crippen LogP contribution in [0.3, 0.4) is 0 Å². The van der Waals surface area contributed by atoms with Gasteiger partial charge in [0.1, 0.15) is 11.5 Å². The van der Waals surface area contributed by atoms with Crippen LogP contribution in [-0.4, -0.2) is 22.6 Å². The van der Waals surface area contributed by atoms with Crippen molar-refractivity contribution in [3.05, 3.63) is 69.6 Å². The number of halogens is 1. The van der Waals surface area contributed by atoms with E-state index >= 15 is 0 Å². The van der Waals surface area contributed by atoms with Crippen LogP contribution in [0.1, 0.15) is 25.2 Å². The summed E-state index contributed by atoms with van der Waals surface area (Å²) in [4.78, 5) is 9.41. The van der Waals surface area contributed by atoms with E-state index in [0.29, 0.717) is 5.96 Å². The summed E-state index contributed by atoms with van der Waals surface area (Å²) in [6.45, 7) is 3.80. The van der Waals surface area contributed by atoms with Gasteiger partial charge in [0.2, 0.25) is 5.96 Å². The van der Waals surface area contributed by atoms with Crippen molar-refractivity contribution < 1.29 is 9.47 Å². The topological polar surface area (TPSA) is 74.7 Å². The predicted octanol–water partition coefficient (Wildman–Crippen LogP) is 3.28. The first-order valence-electron chi connectivity index (χ1n) is 7.78. The lowest BCUT2D eigenvalue weighted by molar-refractivity contribution is 0.291. The summed E-state index contributed by atoms with van der Waals surface area (Å²) in [7, 11) is 1.63. The zero-order chi connectivity index (χ0) is 17.8. The van der Waals surface area contributed by atoms with Gasteiger partial charge in [-0.15, -0.1) is 0 Å². The molecule has 6 nitrogen and oxygen atoms in total. The van der Waals surface area contributed by atoms with Gasteiger partial charge in [-0.1, -0.05) is 15.9 Å². The monoisotopic (exact) mass is 400 g/mol. The highest BCUT2D eigenvalue weighted by Gasteiger charge is 2.51. The lowest BCUT2D eigenvalue weighted by Gasteiger charge is -2.34. The first-order valence-corrected chi connectivity index (χ1v) is 8.57. The number of ether oxygens (including phenoxy) is 2. The van der Waals surface area contributed by atoms with Crippen molar-refractivity contribution in [2.45, 2.75) is 19.4 Å². The quantitative estimate of drug-likeness (QED) is 0.784. The summed E-state index contributed by atoms with van der Waals surface area (Å²) in [5, 5.41) is 0. The third kappa shape index (κ3) is 2.15. The molecule has 1 atom stereocenters. The Morgan fingerprint density at radius 1 is 1.44 bits per heavy atom. The smallest absolute Gasteiger partial charge is 0.202 e. The second kappa shape index (κ2) is 5.49. The molecule has 1 aromatic carbocycles. The molecule has 2 N–H and O–H groups in total. The Morgan fingerprint density at radius 3 is 3.00 bits per heavy atom. The second-order valence-corrected chi connectivity index (χ2v) is 6.89. The van der Waals surface area contributed by atoms with Crippen molar-refractivity contribution in [2.75, 3.05) is 7.11 Å². The number of aliphatic imine (C=N–C) groups is 1. The zero-order valence-corrected chi connectivity index (χ0v) is 15.7. The summed E-state index contributed by atoms with van der Waals surface area (Å²) < 4.78 is 14.2. The maximum absolute atomic E-state index is 6.21. The van der Waals surface area contributed by atoms with E-state index in [1.807, 2.05) is 44.3 Å². The number of hydrogen-bond acceptors (Lipinski definition) is 5. The van der Waals surface area contributed by atoms with E-state index in [-0.39, 0.29) is 0 Å². The van der Waals surface area contributed by atoms with Gasteiger partial charge < -0.3 is 15.2 Å². The third-order valence-corrected chi connectivity index (χ3v) is 5.02. The third-order valence-electron chi connectivity index (χ3n) is 4.53. The average molecular weight is 401 g/mol. The van der Waals surface area contributed by atoms with Crippen LogP contribution in [0.25, 0.3) is 0 Å². The average Bonchev–Trinajstić information content (AvgIpc) is 3.17. The molecule has 2 aromatic rings. The number of hydrogen-bond donors (Lipinski definition) is 1. The van der Waals surface area contributed by atoms with Crippen LogP contribution in [0.2, 0.25) is 0 Å². The molecule has 0 amide bonds. The molecule has 0 bridgehead atoms. The minimum absolute atomic E-state index is 0.397. The highest BCUT2D eigenvalue weighted by atomic mass is 79.9. The molecule has 7 heteroatoms. The number of nitrogens with two attached hydrogens (primary N) is 1.